The summed E-state index contributed by atoms with van der Waals surface area (Å²) in [6.07, 6.45) is -1.65. The third-order valence-electron chi connectivity index (χ3n) is 14.4. The summed E-state index contributed by atoms with van der Waals surface area (Å²) in [4.78, 5) is 0. The summed E-state index contributed by atoms with van der Waals surface area (Å²) in [6.45, 7) is 0. The van der Waals surface area contributed by atoms with E-state index in [1.54, 1.807) is 0 Å². The van der Waals surface area contributed by atoms with Gasteiger partial charge in [0.15, 0.2) is 0 Å². The van der Waals surface area contributed by atoms with Gasteiger partial charge in [0.2, 0.25) is 0 Å². The molecule has 0 aliphatic rings. The van der Waals surface area contributed by atoms with Crippen LogP contribution in [0.1, 0.15) is 57.9 Å². The molecule has 15 aromatic carbocycles. The molecule has 16 rings (SSSR count). The second-order valence-electron chi connectivity index (χ2n) is 19.0. The number of hydrogen-bond donors (Lipinski definition) is 0. The fourth-order valence-corrected chi connectivity index (χ4v) is 11.0. The molecule has 16 aromatic rings. The Labute approximate surface area is 495 Å². The van der Waals surface area contributed by atoms with Crippen molar-refractivity contribution in [2.24, 2.45) is 0 Å². The van der Waals surface area contributed by atoms with E-state index in [2.05, 4.69) is 133 Å². The molecule has 0 saturated carbocycles. The van der Waals surface area contributed by atoms with Crippen LogP contribution in [0.3, 0.4) is 0 Å². The average molecular weight is 1030 g/mol. The maximum absolute atomic E-state index is 9.48. The summed E-state index contributed by atoms with van der Waals surface area (Å²) in [5.41, 5.74) is 3.83. The van der Waals surface area contributed by atoms with Gasteiger partial charge in [0.25, 0.3) is 0 Å². The van der Waals surface area contributed by atoms with Crippen LogP contribution in [-0.4, -0.2) is 0 Å². The predicted octanol–water partition coefficient (Wildman–Crippen LogP) is 21.5. The Kier molecular flexibility index (Phi) is 6.61. The van der Waals surface area contributed by atoms with Crippen molar-refractivity contribution in [1.82, 2.24) is 0 Å². The molecule has 0 bridgehead atoms. The minimum atomic E-state index is -0.910. The third-order valence-corrected chi connectivity index (χ3v) is 14.4. The first-order chi connectivity index (χ1) is 50.0. The fourth-order valence-electron chi connectivity index (χ4n) is 11.0. The Morgan fingerprint density at radius 2 is 0.797 bits per heavy atom. The van der Waals surface area contributed by atoms with Crippen molar-refractivity contribution in [1.29, 1.82) is 0 Å². The monoisotopic (exact) mass is 1030 g/mol. The molecule has 0 fully saturated rings. The van der Waals surface area contributed by atoms with Gasteiger partial charge in [0, 0.05) is 10.8 Å². The van der Waals surface area contributed by atoms with Crippen LogP contribution in [-0.2, 0) is 12.8 Å². The van der Waals surface area contributed by atoms with Gasteiger partial charge in [0.05, 0.1) is 35.6 Å². The van der Waals surface area contributed by atoms with Crippen molar-refractivity contribution in [3.63, 3.8) is 0 Å². The maximum Gasteiger partial charge on any atom is 0.136 e. The highest BCUT2D eigenvalue weighted by Gasteiger charge is 2.21. The van der Waals surface area contributed by atoms with Gasteiger partial charge in [-0.1, -0.05) is 266 Å². The molecule has 0 unspecified atom stereocenters. The van der Waals surface area contributed by atoms with E-state index in [9.17, 15) is 8.22 Å². The molecule has 0 saturated heterocycles. The summed E-state index contributed by atoms with van der Waals surface area (Å²) in [6, 6.07) is 27.1. The van der Waals surface area contributed by atoms with Gasteiger partial charge in [-0.15, -0.1) is 0 Å². The van der Waals surface area contributed by atoms with Crippen molar-refractivity contribution in [3.8, 4) is 33.4 Å². The van der Waals surface area contributed by atoms with Crippen LogP contribution in [0.25, 0.3) is 131 Å². The Bertz CT molecular complexity index is 6470. The van der Waals surface area contributed by atoms with Crippen LogP contribution in [0, 0.1) is 0 Å². The van der Waals surface area contributed by atoms with Crippen LogP contribution < -0.4 is 0 Å². The fraction of sp³-hybridized carbons (Fsp3) is 0.0256. The Morgan fingerprint density at radius 3 is 1.43 bits per heavy atom. The molecule has 1 heterocycles. The molecule has 0 radical (unpaired) electrons. The Balaban J connectivity index is 0.000000199. The number of hydrogen-bond acceptors (Lipinski definition) is 1. The van der Waals surface area contributed by atoms with Gasteiger partial charge in [-0.25, -0.2) is 0 Å². The zero-order valence-electron chi connectivity index (χ0n) is 67.5. The molecule has 1 heteroatoms. The molecular formula is C78H52O. The van der Waals surface area contributed by atoms with Gasteiger partial charge < -0.3 is 4.42 Å². The zero-order valence-corrected chi connectivity index (χ0v) is 41.5. The van der Waals surface area contributed by atoms with Crippen LogP contribution in [0.4, 0.5) is 0 Å². The van der Waals surface area contributed by atoms with Crippen LogP contribution in [0.5, 0.6) is 0 Å². The largest absolute Gasteiger partial charge is 0.456 e. The Morgan fingerprint density at radius 1 is 0.291 bits per heavy atom. The highest BCUT2D eigenvalue weighted by Crippen LogP contribution is 2.47. The number of fused-ring (bicyclic) bond motifs is 10. The second-order valence-corrected chi connectivity index (χ2v) is 19.0. The minimum absolute atomic E-state index is 0.318. The molecule has 0 spiro atoms. The molecular weight excluding hydrogens is 953 g/mol. The van der Waals surface area contributed by atoms with Gasteiger partial charge in [-0.05, 0) is 168 Å². The van der Waals surface area contributed by atoms with E-state index in [0.717, 1.165) is 16.6 Å². The smallest absolute Gasteiger partial charge is 0.136 e. The summed E-state index contributed by atoms with van der Waals surface area (Å²) in [5.74, 6) is 0. The van der Waals surface area contributed by atoms with Crippen molar-refractivity contribution in [2.75, 3.05) is 0 Å². The van der Waals surface area contributed by atoms with Crippen LogP contribution >= 0.6 is 0 Å². The minimum Gasteiger partial charge on any atom is -0.456 e. The first kappa shape index (κ1) is 26.8. The van der Waals surface area contributed by atoms with E-state index < -0.39 is 235 Å². The Hall–Kier alpha value is -10.1. The zero-order chi connectivity index (χ0) is 74.9. The first-order valence-corrected chi connectivity index (χ1v) is 25.4. The lowest BCUT2D eigenvalue weighted by Crippen LogP contribution is -1.98. The SMILES string of the molecule is [2H]c1c([2H])c(Cc2c3c([2H])c([2H])c([2H])c([2H])c3c(Cc3c([2H])c([2H])c4c([2H])c([2H])c([2H])c([2H])c4c3[2H])c3c([2H])c([2H])c([2H])c([2H])c23)c([2H])c(-c2c([2H])c([2H])c3c([2H])c([2H])c([2H])c([2H])c3c2[2H])c1[2H].c1ccc(-c2c3ccccc3c(-c3cccc4oc5cc6ccccc6cc5c34)c3ccccc23)cc1. The molecule has 370 valence electrons. The average Bonchev–Trinajstić information content (AvgIpc) is 1.32. The molecule has 1 aromatic heterocycles. The highest BCUT2D eigenvalue weighted by atomic mass is 16.3. The topological polar surface area (TPSA) is 13.1 Å². The van der Waals surface area contributed by atoms with Gasteiger partial charge in [-0.2, -0.15) is 0 Å². The highest BCUT2D eigenvalue weighted by molar-refractivity contribution is 6.26. The van der Waals surface area contributed by atoms with Crippen molar-refractivity contribution >= 4 is 97.3 Å². The predicted molar refractivity (Wildman–Crippen MR) is 338 cm³/mol. The van der Waals surface area contributed by atoms with Crippen molar-refractivity contribution in [2.45, 2.75) is 12.8 Å². The van der Waals surface area contributed by atoms with Crippen LogP contribution in [0.2, 0.25) is 0 Å². The van der Waals surface area contributed by atoms with Crippen LogP contribution in [0.15, 0.2) is 295 Å². The van der Waals surface area contributed by atoms with Crippen molar-refractivity contribution < 1.29 is 40.1 Å². The number of rotatable bonds is 7. The summed E-state index contributed by atoms with van der Waals surface area (Å²) >= 11 is 0. The van der Waals surface area contributed by atoms with Gasteiger partial charge in [0.1, 0.15) is 11.2 Å². The number of benzene rings is 15. The third kappa shape index (κ3) is 8.27. The molecule has 79 heavy (non-hydrogen) atoms. The molecule has 0 aliphatic heterocycles. The van der Waals surface area contributed by atoms with E-state index in [1.807, 2.05) is 0 Å². The second kappa shape index (κ2) is 19.5. The lowest BCUT2D eigenvalue weighted by molar-refractivity contribution is 0.669. The van der Waals surface area contributed by atoms with Gasteiger partial charge >= 0.3 is 0 Å². The maximum atomic E-state index is 9.48. The van der Waals surface area contributed by atoms with E-state index in [0.29, 0.717) is 0 Å². The quantitative estimate of drug-likeness (QED) is 0.145. The molecule has 0 amide bonds. The van der Waals surface area contributed by atoms with E-state index in [1.165, 1.54) is 60.0 Å². The molecule has 0 atom stereocenters. The standard InChI is InChI=1S/C42H30.C36H22O/c1-3-13-33-25-30(20-21-31(33)11-1)27-42-39-18-7-5-16-37(39)41(38-17-6-8-19-40(38)42)26-29-10-9-15-34(24-29)36-23-22-32-12-2-4-14-35(32)28-36;1-2-11-23(12-3-1)34-26-15-6-8-17-28(26)35(29-18-9-7-16-27(29)34)30-19-10-20-32-36(30)31-21-24-13-4-5-14-25(24)22-33(31)37-32/h1-25,28H,26-27H2;1-22H/i1D,2D,3D,4D,5D,6D,7D,8D,9D,10D,11D,12D,13D,14D,15D,16D,17D,18D,19D,20D,21D,22D,23D,24D,25D,28D;. The summed E-state index contributed by atoms with van der Waals surface area (Å²) in [5, 5.41) is 6.06. The normalized spacial score (nSPS) is 16.3. The molecule has 0 aliphatic carbocycles. The van der Waals surface area contributed by atoms with E-state index >= 15 is 0 Å². The van der Waals surface area contributed by atoms with Crippen molar-refractivity contribution in [3.05, 3.63) is 313 Å². The molecule has 0 N–H and O–H groups in total. The first-order valence-electron chi connectivity index (χ1n) is 38.4. The lowest BCUT2D eigenvalue weighted by atomic mass is 9.85. The number of furan rings is 1. The van der Waals surface area contributed by atoms with E-state index in [4.69, 9.17) is 31.8 Å². The molecule has 1 nitrogen and oxygen atoms in total. The van der Waals surface area contributed by atoms with Gasteiger partial charge in [-0.3, -0.25) is 0 Å². The summed E-state index contributed by atoms with van der Waals surface area (Å²) in [7, 11) is 0. The lowest BCUT2D eigenvalue weighted by Gasteiger charge is -2.18. The van der Waals surface area contributed by atoms with E-state index in [-0.39, 0.29) is 11.1 Å². The summed E-state index contributed by atoms with van der Waals surface area (Å²) < 4.78 is 235.